The van der Waals surface area contributed by atoms with E-state index in [1.807, 2.05) is 28.9 Å². The monoisotopic (exact) mass is 406 g/mol. The molecule has 0 bridgehead atoms. The summed E-state index contributed by atoms with van der Waals surface area (Å²) < 4.78 is 17.9. The molecule has 0 radical (unpaired) electrons. The second kappa shape index (κ2) is 9.56. The molecular weight excluding hydrogens is 380 g/mol. The molecule has 0 amide bonds. The standard InChI is InChI=1S/C23H26N4O3/c1-18-6-5-8-21(19-9-12-30-17-19)27(18)22-16-26(11-13-29-15-14-28-2)25-23(22)20-7-3-4-10-24-20/h3-10,12,16-18H,11,13-15H2,1-2H3. The van der Waals surface area contributed by atoms with Crippen LogP contribution in [0.2, 0.25) is 0 Å². The van der Waals surface area contributed by atoms with E-state index < -0.39 is 0 Å². The van der Waals surface area contributed by atoms with Crippen molar-refractivity contribution in [2.24, 2.45) is 0 Å². The van der Waals surface area contributed by atoms with E-state index in [0.717, 1.165) is 28.3 Å². The topological polar surface area (TPSA) is 65.6 Å². The third-order valence-corrected chi connectivity index (χ3v) is 4.93. The Morgan fingerprint density at radius 3 is 2.87 bits per heavy atom. The van der Waals surface area contributed by atoms with Crippen molar-refractivity contribution in [3.8, 4) is 11.4 Å². The lowest BCUT2D eigenvalue weighted by atomic mass is 10.1. The van der Waals surface area contributed by atoms with Crippen molar-refractivity contribution < 1.29 is 13.9 Å². The van der Waals surface area contributed by atoms with Gasteiger partial charge in [0.25, 0.3) is 0 Å². The first-order valence-electron chi connectivity index (χ1n) is 10.0. The van der Waals surface area contributed by atoms with Crippen LogP contribution in [-0.2, 0) is 16.0 Å². The smallest absolute Gasteiger partial charge is 0.134 e. The van der Waals surface area contributed by atoms with E-state index in [1.54, 1.807) is 25.8 Å². The van der Waals surface area contributed by atoms with Gasteiger partial charge in [0.15, 0.2) is 0 Å². The third-order valence-electron chi connectivity index (χ3n) is 4.93. The van der Waals surface area contributed by atoms with Gasteiger partial charge >= 0.3 is 0 Å². The summed E-state index contributed by atoms with van der Waals surface area (Å²) in [6.07, 6.45) is 13.6. The molecule has 7 nitrogen and oxygen atoms in total. The van der Waals surface area contributed by atoms with Gasteiger partial charge in [0, 0.05) is 31.1 Å². The number of hydrogen-bond acceptors (Lipinski definition) is 6. The molecule has 4 rings (SSSR count). The van der Waals surface area contributed by atoms with Crippen LogP contribution in [0.25, 0.3) is 17.1 Å². The Morgan fingerprint density at radius 1 is 1.17 bits per heavy atom. The van der Waals surface area contributed by atoms with Crippen molar-refractivity contribution in [1.82, 2.24) is 14.8 Å². The van der Waals surface area contributed by atoms with Crippen molar-refractivity contribution in [3.63, 3.8) is 0 Å². The first-order chi connectivity index (χ1) is 14.8. The summed E-state index contributed by atoms with van der Waals surface area (Å²) in [5, 5.41) is 4.85. The van der Waals surface area contributed by atoms with Gasteiger partial charge in [-0.15, -0.1) is 0 Å². The van der Waals surface area contributed by atoms with Crippen molar-refractivity contribution in [2.45, 2.75) is 19.5 Å². The maximum atomic E-state index is 5.63. The Morgan fingerprint density at radius 2 is 2.10 bits per heavy atom. The molecule has 0 spiro atoms. The van der Waals surface area contributed by atoms with Crippen molar-refractivity contribution >= 4 is 11.4 Å². The second-order valence-corrected chi connectivity index (χ2v) is 7.01. The molecule has 7 heteroatoms. The number of ether oxygens (including phenoxy) is 2. The summed E-state index contributed by atoms with van der Waals surface area (Å²) in [6, 6.07) is 7.99. The fourth-order valence-electron chi connectivity index (χ4n) is 3.48. The lowest BCUT2D eigenvalue weighted by Crippen LogP contribution is -2.31. The van der Waals surface area contributed by atoms with Crippen LogP contribution in [-0.4, -0.2) is 47.7 Å². The average molecular weight is 406 g/mol. The van der Waals surface area contributed by atoms with Crippen LogP contribution >= 0.6 is 0 Å². The van der Waals surface area contributed by atoms with E-state index in [9.17, 15) is 0 Å². The normalized spacial score (nSPS) is 16.1. The molecule has 0 saturated heterocycles. The number of anilines is 1. The predicted octanol–water partition coefficient (Wildman–Crippen LogP) is 4.01. The van der Waals surface area contributed by atoms with Gasteiger partial charge in [-0.1, -0.05) is 18.2 Å². The van der Waals surface area contributed by atoms with Crippen LogP contribution in [0.4, 0.5) is 5.69 Å². The molecule has 0 aromatic carbocycles. The molecule has 1 unspecified atom stereocenters. The highest BCUT2D eigenvalue weighted by Crippen LogP contribution is 2.37. The molecular formula is C23H26N4O3. The molecule has 0 saturated carbocycles. The minimum atomic E-state index is 0.151. The van der Waals surface area contributed by atoms with Crippen LogP contribution < -0.4 is 4.90 Å². The summed E-state index contributed by atoms with van der Waals surface area (Å²) in [6.45, 7) is 4.52. The molecule has 3 aromatic heterocycles. The number of pyridine rings is 1. The largest absolute Gasteiger partial charge is 0.472 e. The Balaban J connectivity index is 1.68. The van der Waals surface area contributed by atoms with Crippen LogP contribution in [0.3, 0.4) is 0 Å². The molecule has 3 aromatic rings. The minimum absolute atomic E-state index is 0.151. The molecule has 1 aliphatic rings. The Bertz CT molecular complexity index is 993. The zero-order chi connectivity index (χ0) is 20.8. The quantitative estimate of drug-likeness (QED) is 0.500. The lowest BCUT2D eigenvalue weighted by Gasteiger charge is -2.33. The summed E-state index contributed by atoms with van der Waals surface area (Å²) in [5.41, 5.74) is 4.75. The number of hydrogen-bond donors (Lipinski definition) is 0. The van der Waals surface area contributed by atoms with Crippen molar-refractivity contribution in [1.29, 1.82) is 0 Å². The number of allylic oxidation sites excluding steroid dienone is 2. The molecule has 0 fully saturated rings. The molecule has 1 atom stereocenters. The fraction of sp³-hybridized carbons (Fsp3) is 0.304. The molecule has 0 aliphatic carbocycles. The molecule has 0 N–H and O–H groups in total. The van der Waals surface area contributed by atoms with E-state index in [4.69, 9.17) is 19.0 Å². The third kappa shape index (κ3) is 4.37. The summed E-state index contributed by atoms with van der Waals surface area (Å²) in [4.78, 5) is 6.81. The van der Waals surface area contributed by atoms with Crippen molar-refractivity contribution in [3.05, 3.63) is 73.0 Å². The van der Waals surface area contributed by atoms with Crippen molar-refractivity contribution in [2.75, 3.05) is 31.8 Å². The number of nitrogens with zero attached hydrogens (tertiary/aromatic N) is 4. The first kappa shape index (κ1) is 20.1. The highest BCUT2D eigenvalue weighted by molar-refractivity contribution is 5.87. The Hall–Kier alpha value is -3.16. The molecule has 30 heavy (non-hydrogen) atoms. The number of rotatable bonds is 9. The first-order valence-corrected chi connectivity index (χ1v) is 10.0. The van der Waals surface area contributed by atoms with E-state index in [0.29, 0.717) is 26.4 Å². The zero-order valence-electron chi connectivity index (χ0n) is 17.3. The number of furan rings is 1. The Kier molecular flexibility index (Phi) is 6.41. The summed E-state index contributed by atoms with van der Waals surface area (Å²) in [7, 11) is 1.67. The van der Waals surface area contributed by atoms with E-state index >= 15 is 0 Å². The van der Waals surface area contributed by atoms with Crippen LogP contribution in [0.5, 0.6) is 0 Å². The molecule has 4 heterocycles. The van der Waals surface area contributed by atoms with Crippen LogP contribution in [0.15, 0.2) is 71.8 Å². The minimum Gasteiger partial charge on any atom is -0.472 e. The SMILES string of the molecule is COCCOCCn1cc(N2C(c3ccoc3)=CC=CC2C)c(-c2ccccn2)n1. The van der Waals surface area contributed by atoms with E-state index in [2.05, 4.69) is 41.2 Å². The summed E-state index contributed by atoms with van der Waals surface area (Å²) >= 11 is 0. The summed E-state index contributed by atoms with van der Waals surface area (Å²) in [5.74, 6) is 0. The van der Waals surface area contributed by atoms with E-state index in [-0.39, 0.29) is 6.04 Å². The predicted molar refractivity (Wildman–Crippen MR) is 116 cm³/mol. The van der Waals surface area contributed by atoms with Gasteiger partial charge < -0.3 is 18.8 Å². The van der Waals surface area contributed by atoms with Gasteiger partial charge in [-0.3, -0.25) is 9.67 Å². The van der Waals surface area contributed by atoms with E-state index in [1.165, 1.54) is 0 Å². The number of methoxy groups -OCH3 is 1. The highest BCUT2D eigenvalue weighted by Gasteiger charge is 2.26. The van der Waals surface area contributed by atoms with Gasteiger partial charge in [-0.25, -0.2) is 0 Å². The maximum Gasteiger partial charge on any atom is 0.134 e. The fourth-order valence-corrected chi connectivity index (χ4v) is 3.48. The zero-order valence-corrected chi connectivity index (χ0v) is 17.3. The van der Waals surface area contributed by atoms with Gasteiger partial charge in [-0.05, 0) is 31.2 Å². The van der Waals surface area contributed by atoms with Crippen LogP contribution in [0.1, 0.15) is 12.5 Å². The average Bonchev–Trinajstić information content (AvgIpc) is 3.44. The highest BCUT2D eigenvalue weighted by atomic mass is 16.5. The maximum absolute atomic E-state index is 5.63. The Labute approximate surface area is 176 Å². The van der Waals surface area contributed by atoms with Gasteiger partial charge in [0.2, 0.25) is 0 Å². The van der Waals surface area contributed by atoms with Crippen LogP contribution in [0, 0.1) is 0 Å². The van der Waals surface area contributed by atoms with Gasteiger partial charge in [-0.2, -0.15) is 5.10 Å². The number of aromatic nitrogens is 3. The second-order valence-electron chi connectivity index (χ2n) is 7.01. The molecule has 156 valence electrons. The van der Waals surface area contributed by atoms with Gasteiger partial charge in [0.1, 0.15) is 5.69 Å². The molecule has 1 aliphatic heterocycles. The van der Waals surface area contributed by atoms with Gasteiger partial charge in [0.05, 0.1) is 56.0 Å². The lowest BCUT2D eigenvalue weighted by molar-refractivity contribution is 0.0654.